The summed E-state index contributed by atoms with van der Waals surface area (Å²) in [5.74, 6) is -0.151. The van der Waals surface area contributed by atoms with Crippen LogP contribution in [0.25, 0.3) is 0 Å². The number of aldehydes is 1. The largest absolute Gasteiger partial charge is 0.483 e. The topological polar surface area (TPSA) is 89.8 Å². The Labute approximate surface area is 145 Å². The van der Waals surface area contributed by atoms with E-state index in [0.29, 0.717) is 6.29 Å². The average molecular weight is 342 g/mol. The van der Waals surface area contributed by atoms with Crippen LogP contribution in [-0.2, 0) is 4.79 Å². The van der Waals surface area contributed by atoms with E-state index in [1.807, 2.05) is 44.2 Å². The zero-order valence-electron chi connectivity index (χ0n) is 13.9. The summed E-state index contributed by atoms with van der Waals surface area (Å²) in [7, 11) is 0. The first-order valence-electron chi connectivity index (χ1n) is 7.67. The highest BCUT2D eigenvalue weighted by molar-refractivity contribution is 5.95. The zero-order valence-corrected chi connectivity index (χ0v) is 13.9. The molecule has 0 unspecified atom stereocenters. The molecule has 0 heterocycles. The van der Waals surface area contributed by atoms with Crippen LogP contribution in [0.3, 0.4) is 0 Å². The molecule has 0 N–H and O–H groups in total. The molecule has 25 heavy (non-hydrogen) atoms. The van der Waals surface area contributed by atoms with Crippen molar-refractivity contribution in [1.82, 2.24) is 0 Å². The van der Waals surface area contributed by atoms with Crippen molar-refractivity contribution in [1.29, 1.82) is 0 Å². The number of nitro benzene ring substituents is 1. The van der Waals surface area contributed by atoms with Crippen LogP contribution in [0.5, 0.6) is 5.75 Å². The van der Waals surface area contributed by atoms with Gasteiger partial charge < -0.3 is 9.64 Å². The van der Waals surface area contributed by atoms with Crippen LogP contribution in [0.1, 0.15) is 24.2 Å². The Balaban J connectivity index is 2.15. The normalized spacial score (nSPS) is 10.4. The number of nitro groups is 1. The third-order valence-electron chi connectivity index (χ3n) is 3.50. The first kappa shape index (κ1) is 18.1. The Morgan fingerprint density at radius 3 is 2.48 bits per heavy atom. The summed E-state index contributed by atoms with van der Waals surface area (Å²) in [6.45, 7) is 3.48. The molecule has 0 saturated heterocycles. The first-order valence-corrected chi connectivity index (χ1v) is 7.67. The number of hydrogen-bond acceptors (Lipinski definition) is 5. The maximum Gasteiger partial charge on any atom is 0.270 e. The van der Waals surface area contributed by atoms with Crippen LogP contribution >= 0.6 is 0 Å². The summed E-state index contributed by atoms with van der Waals surface area (Å²) in [5.41, 5.74) is 0.553. The Kier molecular flexibility index (Phi) is 5.84. The molecular formula is C18H18N2O5. The number of ether oxygens (including phenoxy) is 1. The number of hydrogen-bond donors (Lipinski definition) is 0. The highest BCUT2D eigenvalue weighted by atomic mass is 16.6. The van der Waals surface area contributed by atoms with Gasteiger partial charge in [0, 0.05) is 23.9 Å². The van der Waals surface area contributed by atoms with Gasteiger partial charge >= 0.3 is 0 Å². The SMILES string of the molecule is CC(C)N(C(=O)COc1ccc([N+](=O)[O-])cc1C=O)c1ccccc1. The molecule has 0 saturated carbocycles. The van der Waals surface area contributed by atoms with Gasteiger partial charge in [-0.15, -0.1) is 0 Å². The summed E-state index contributed by atoms with van der Waals surface area (Å²) in [6.07, 6.45) is 0.463. The third-order valence-corrected chi connectivity index (χ3v) is 3.50. The van der Waals surface area contributed by atoms with Crippen LogP contribution in [0, 0.1) is 10.1 Å². The van der Waals surface area contributed by atoms with E-state index in [1.54, 1.807) is 4.90 Å². The quantitative estimate of drug-likeness (QED) is 0.438. The van der Waals surface area contributed by atoms with Crippen molar-refractivity contribution >= 4 is 23.6 Å². The lowest BCUT2D eigenvalue weighted by Crippen LogP contribution is -2.40. The highest BCUT2D eigenvalue weighted by Crippen LogP contribution is 2.23. The fraction of sp³-hybridized carbons (Fsp3) is 0.222. The molecule has 2 aromatic carbocycles. The molecule has 0 aliphatic heterocycles. The van der Waals surface area contributed by atoms with Gasteiger partial charge in [-0.05, 0) is 32.0 Å². The minimum atomic E-state index is -0.599. The smallest absolute Gasteiger partial charge is 0.270 e. The van der Waals surface area contributed by atoms with Crippen molar-refractivity contribution in [2.24, 2.45) is 0 Å². The predicted molar refractivity (Wildman–Crippen MR) is 93.0 cm³/mol. The van der Waals surface area contributed by atoms with Gasteiger partial charge in [-0.3, -0.25) is 19.7 Å². The second-order valence-electron chi connectivity index (χ2n) is 5.58. The van der Waals surface area contributed by atoms with Gasteiger partial charge in [-0.1, -0.05) is 18.2 Å². The summed E-state index contributed by atoms with van der Waals surface area (Å²) >= 11 is 0. The minimum Gasteiger partial charge on any atom is -0.483 e. The molecule has 2 rings (SSSR count). The fourth-order valence-electron chi connectivity index (χ4n) is 2.40. The average Bonchev–Trinajstić information content (AvgIpc) is 2.60. The zero-order chi connectivity index (χ0) is 18.4. The molecule has 7 heteroatoms. The molecule has 1 amide bonds. The monoisotopic (exact) mass is 342 g/mol. The van der Waals surface area contributed by atoms with E-state index >= 15 is 0 Å². The van der Waals surface area contributed by atoms with Gasteiger partial charge in [0.05, 0.1) is 10.5 Å². The number of non-ortho nitro benzene ring substituents is 1. The Morgan fingerprint density at radius 2 is 1.92 bits per heavy atom. The maximum atomic E-state index is 12.5. The molecule has 7 nitrogen and oxygen atoms in total. The molecule has 130 valence electrons. The number of benzene rings is 2. The van der Waals surface area contributed by atoms with Gasteiger partial charge in [0.1, 0.15) is 5.75 Å². The lowest BCUT2D eigenvalue weighted by atomic mass is 10.2. The van der Waals surface area contributed by atoms with Gasteiger partial charge in [0.2, 0.25) is 0 Å². The highest BCUT2D eigenvalue weighted by Gasteiger charge is 2.20. The van der Waals surface area contributed by atoms with Crippen molar-refractivity contribution in [2.75, 3.05) is 11.5 Å². The second kappa shape index (κ2) is 8.05. The third kappa shape index (κ3) is 4.41. The van der Waals surface area contributed by atoms with Crippen molar-refractivity contribution in [3.05, 3.63) is 64.2 Å². The summed E-state index contributed by atoms with van der Waals surface area (Å²) in [4.78, 5) is 35.4. The summed E-state index contributed by atoms with van der Waals surface area (Å²) in [6, 6.07) is 12.7. The number of carbonyl (C=O) groups excluding carboxylic acids is 2. The fourth-order valence-corrected chi connectivity index (χ4v) is 2.40. The molecule has 0 aliphatic carbocycles. The maximum absolute atomic E-state index is 12.5. The van der Waals surface area contributed by atoms with Gasteiger partial charge in [-0.25, -0.2) is 0 Å². The Morgan fingerprint density at radius 1 is 1.24 bits per heavy atom. The van der Waals surface area contributed by atoms with Crippen LogP contribution < -0.4 is 9.64 Å². The van der Waals surface area contributed by atoms with Crippen LogP contribution in [0.4, 0.5) is 11.4 Å². The van der Waals surface area contributed by atoms with E-state index in [-0.39, 0.29) is 35.6 Å². The van der Waals surface area contributed by atoms with Gasteiger partial charge in [-0.2, -0.15) is 0 Å². The number of nitrogens with zero attached hydrogens (tertiary/aromatic N) is 2. The molecule has 0 aliphatic rings. The lowest BCUT2D eigenvalue weighted by Gasteiger charge is -2.27. The predicted octanol–water partition coefficient (Wildman–Crippen LogP) is 3.23. The van der Waals surface area contributed by atoms with E-state index in [1.165, 1.54) is 12.1 Å². The Hall–Kier alpha value is -3.22. The van der Waals surface area contributed by atoms with E-state index in [2.05, 4.69) is 0 Å². The van der Waals surface area contributed by atoms with Crippen molar-refractivity contribution in [3.63, 3.8) is 0 Å². The Bertz CT molecular complexity index is 774. The van der Waals surface area contributed by atoms with Gasteiger partial charge in [0.15, 0.2) is 12.9 Å². The van der Waals surface area contributed by atoms with E-state index in [0.717, 1.165) is 11.8 Å². The van der Waals surface area contributed by atoms with Crippen LogP contribution in [0.2, 0.25) is 0 Å². The molecule has 0 aromatic heterocycles. The molecule has 0 radical (unpaired) electrons. The number of rotatable bonds is 7. The number of anilines is 1. The number of amides is 1. The van der Waals surface area contributed by atoms with Crippen molar-refractivity contribution in [2.45, 2.75) is 19.9 Å². The molecule has 0 fully saturated rings. The summed E-state index contributed by atoms with van der Waals surface area (Å²) in [5, 5.41) is 10.8. The molecule has 0 spiro atoms. The molecular weight excluding hydrogens is 324 g/mol. The first-order chi connectivity index (χ1) is 11.9. The van der Waals surface area contributed by atoms with Crippen LogP contribution in [0.15, 0.2) is 48.5 Å². The van der Waals surface area contributed by atoms with Crippen molar-refractivity contribution in [3.8, 4) is 5.75 Å². The molecule has 0 atom stereocenters. The van der Waals surface area contributed by atoms with Crippen molar-refractivity contribution < 1.29 is 19.2 Å². The van der Waals surface area contributed by atoms with Crippen LogP contribution in [-0.4, -0.2) is 29.8 Å². The second-order valence-corrected chi connectivity index (χ2v) is 5.58. The number of carbonyl (C=O) groups is 2. The van der Waals surface area contributed by atoms with E-state index in [9.17, 15) is 19.7 Å². The molecule has 2 aromatic rings. The van der Waals surface area contributed by atoms with Gasteiger partial charge in [0.25, 0.3) is 11.6 Å². The van der Waals surface area contributed by atoms with E-state index in [4.69, 9.17) is 4.74 Å². The minimum absolute atomic E-state index is 0.0257. The number of para-hydroxylation sites is 1. The standard InChI is InChI=1S/C18H18N2O5/c1-13(2)19(15-6-4-3-5-7-15)18(22)12-25-17-9-8-16(20(23)24)10-14(17)11-21/h3-11,13H,12H2,1-2H3. The summed E-state index contributed by atoms with van der Waals surface area (Å²) < 4.78 is 5.43. The molecule has 0 bridgehead atoms. The lowest BCUT2D eigenvalue weighted by molar-refractivity contribution is -0.384. The van der Waals surface area contributed by atoms with E-state index < -0.39 is 4.92 Å².